The van der Waals surface area contributed by atoms with Crippen LogP contribution in [0.15, 0.2) is 58.5 Å². The Morgan fingerprint density at radius 3 is 2.63 bits per heavy atom. The molecule has 0 spiro atoms. The number of fused-ring (bicyclic) bond motifs is 3. The van der Waals surface area contributed by atoms with Gasteiger partial charge < -0.3 is 14.5 Å². The Morgan fingerprint density at radius 1 is 1.20 bits per heavy atom. The van der Waals surface area contributed by atoms with E-state index in [4.69, 9.17) is 14.5 Å². The number of nitrogens with zero attached hydrogens (tertiary/aromatic N) is 2. The number of para-hydroxylation sites is 1. The van der Waals surface area contributed by atoms with Gasteiger partial charge in [0.25, 0.3) is 5.56 Å². The van der Waals surface area contributed by atoms with Crippen molar-refractivity contribution in [1.82, 2.24) is 14.5 Å². The zero-order valence-corrected chi connectivity index (χ0v) is 17.7. The summed E-state index contributed by atoms with van der Waals surface area (Å²) < 4.78 is 11.9. The Kier molecular flexibility index (Phi) is 5.50. The Labute approximate surface area is 177 Å². The van der Waals surface area contributed by atoms with Gasteiger partial charge in [-0.15, -0.1) is 0 Å². The molecule has 4 aromatic rings. The molecule has 0 radical (unpaired) electrons. The summed E-state index contributed by atoms with van der Waals surface area (Å²) in [5, 5.41) is 0.754. The first-order valence-electron chi connectivity index (χ1n) is 9.54. The standard InChI is InChI=1S/C22H21N3O4S/c1-4-29-21(27)13(2)30-22-24-18-16-7-5-6-8-17(16)23-19(18)20(26)25(22)14-9-11-15(28-3)12-10-14/h5-13,23H,4H2,1-3H3/t13-/m1/s1. The minimum atomic E-state index is -0.524. The average molecular weight is 423 g/mol. The summed E-state index contributed by atoms with van der Waals surface area (Å²) in [6.45, 7) is 3.80. The molecule has 8 heteroatoms. The van der Waals surface area contributed by atoms with Crippen LogP contribution in [0.3, 0.4) is 0 Å². The van der Waals surface area contributed by atoms with Crippen molar-refractivity contribution in [3.8, 4) is 11.4 Å². The first-order chi connectivity index (χ1) is 14.5. The van der Waals surface area contributed by atoms with Crippen LogP contribution < -0.4 is 10.3 Å². The van der Waals surface area contributed by atoms with Crippen LogP contribution in [0.5, 0.6) is 5.75 Å². The van der Waals surface area contributed by atoms with Crippen molar-refractivity contribution in [2.75, 3.05) is 13.7 Å². The van der Waals surface area contributed by atoms with E-state index in [0.717, 1.165) is 10.9 Å². The summed E-state index contributed by atoms with van der Waals surface area (Å²) >= 11 is 1.20. The predicted octanol–water partition coefficient (Wildman–Crippen LogP) is 3.92. The minimum absolute atomic E-state index is 0.236. The maximum absolute atomic E-state index is 13.5. The predicted molar refractivity (Wildman–Crippen MR) is 118 cm³/mol. The maximum Gasteiger partial charge on any atom is 0.319 e. The van der Waals surface area contributed by atoms with Crippen LogP contribution >= 0.6 is 11.8 Å². The van der Waals surface area contributed by atoms with Crippen molar-refractivity contribution in [3.05, 3.63) is 58.9 Å². The number of carbonyl (C=O) groups excluding carboxylic acids is 1. The highest BCUT2D eigenvalue weighted by atomic mass is 32.2. The summed E-state index contributed by atoms with van der Waals surface area (Å²) in [4.78, 5) is 33.7. The molecule has 2 heterocycles. The normalized spacial score (nSPS) is 12.2. The van der Waals surface area contributed by atoms with Crippen LogP contribution in [0.1, 0.15) is 13.8 Å². The monoisotopic (exact) mass is 423 g/mol. The molecule has 0 aliphatic carbocycles. The summed E-state index contributed by atoms with van der Waals surface area (Å²) in [7, 11) is 1.58. The number of nitrogens with one attached hydrogen (secondary N) is 1. The van der Waals surface area contributed by atoms with E-state index in [1.54, 1.807) is 45.2 Å². The van der Waals surface area contributed by atoms with E-state index in [1.807, 2.05) is 24.3 Å². The minimum Gasteiger partial charge on any atom is -0.497 e. The van der Waals surface area contributed by atoms with Gasteiger partial charge in [-0.3, -0.25) is 14.2 Å². The van der Waals surface area contributed by atoms with Gasteiger partial charge in [0.05, 0.1) is 19.4 Å². The van der Waals surface area contributed by atoms with Crippen molar-refractivity contribution in [1.29, 1.82) is 0 Å². The highest BCUT2D eigenvalue weighted by molar-refractivity contribution is 8.00. The summed E-state index contributed by atoms with van der Waals surface area (Å²) in [5.41, 5.74) is 2.23. The number of hydrogen-bond acceptors (Lipinski definition) is 6. The van der Waals surface area contributed by atoms with Crippen molar-refractivity contribution in [2.45, 2.75) is 24.3 Å². The molecular formula is C22H21N3O4S. The molecular weight excluding hydrogens is 402 g/mol. The smallest absolute Gasteiger partial charge is 0.319 e. The van der Waals surface area contributed by atoms with Gasteiger partial charge in [0, 0.05) is 10.9 Å². The van der Waals surface area contributed by atoms with E-state index >= 15 is 0 Å². The highest BCUT2D eigenvalue weighted by Gasteiger charge is 2.22. The Morgan fingerprint density at radius 2 is 1.93 bits per heavy atom. The van der Waals surface area contributed by atoms with Crippen molar-refractivity contribution in [2.24, 2.45) is 0 Å². The first kappa shape index (κ1) is 20.0. The van der Waals surface area contributed by atoms with E-state index in [0.29, 0.717) is 34.2 Å². The van der Waals surface area contributed by atoms with Gasteiger partial charge in [-0.05, 0) is 44.2 Å². The Bertz CT molecular complexity index is 1280. The molecule has 0 fully saturated rings. The average Bonchev–Trinajstić information content (AvgIpc) is 3.13. The molecule has 1 atom stereocenters. The van der Waals surface area contributed by atoms with E-state index in [2.05, 4.69) is 4.98 Å². The lowest BCUT2D eigenvalue weighted by atomic mass is 10.2. The van der Waals surface area contributed by atoms with Gasteiger partial charge in [-0.1, -0.05) is 30.0 Å². The van der Waals surface area contributed by atoms with E-state index in [1.165, 1.54) is 16.3 Å². The number of benzene rings is 2. The van der Waals surface area contributed by atoms with Crippen LogP contribution in [0.25, 0.3) is 27.6 Å². The highest BCUT2D eigenvalue weighted by Crippen LogP contribution is 2.29. The number of H-pyrrole nitrogens is 1. The number of methoxy groups -OCH3 is 1. The summed E-state index contributed by atoms with van der Waals surface area (Å²) in [6.07, 6.45) is 0. The Hall–Kier alpha value is -3.26. The van der Waals surface area contributed by atoms with Gasteiger partial charge in [0.15, 0.2) is 5.16 Å². The molecule has 154 valence electrons. The van der Waals surface area contributed by atoms with Crippen molar-refractivity contribution in [3.63, 3.8) is 0 Å². The Balaban J connectivity index is 1.94. The van der Waals surface area contributed by atoms with Gasteiger partial charge >= 0.3 is 5.97 Å². The molecule has 0 saturated carbocycles. The zero-order chi connectivity index (χ0) is 21.3. The topological polar surface area (TPSA) is 86.2 Å². The number of ether oxygens (including phenoxy) is 2. The van der Waals surface area contributed by atoms with Crippen LogP contribution in [0, 0.1) is 0 Å². The zero-order valence-electron chi connectivity index (χ0n) is 16.8. The number of aromatic amines is 1. The fourth-order valence-corrected chi connectivity index (χ4v) is 4.16. The molecule has 0 aliphatic heterocycles. The van der Waals surface area contributed by atoms with E-state index in [-0.39, 0.29) is 11.5 Å². The fraction of sp³-hybridized carbons (Fsp3) is 0.227. The SMILES string of the molecule is CCOC(=O)[C@@H](C)Sc1nc2c([nH]c3ccccc32)c(=O)n1-c1ccc(OC)cc1. The van der Waals surface area contributed by atoms with Gasteiger partial charge in [0.2, 0.25) is 0 Å². The molecule has 30 heavy (non-hydrogen) atoms. The second-order valence-electron chi connectivity index (χ2n) is 6.64. The van der Waals surface area contributed by atoms with Crippen LogP contribution in [0.2, 0.25) is 0 Å². The quantitative estimate of drug-likeness (QED) is 0.287. The third kappa shape index (κ3) is 3.54. The molecule has 1 N–H and O–H groups in total. The van der Waals surface area contributed by atoms with Crippen molar-refractivity contribution < 1.29 is 14.3 Å². The van der Waals surface area contributed by atoms with Crippen molar-refractivity contribution >= 4 is 39.7 Å². The number of aromatic nitrogens is 3. The van der Waals surface area contributed by atoms with Crippen LogP contribution in [-0.4, -0.2) is 39.5 Å². The number of carbonyl (C=O) groups is 1. The lowest BCUT2D eigenvalue weighted by molar-refractivity contribution is -0.142. The second-order valence-corrected chi connectivity index (χ2v) is 7.95. The molecule has 4 rings (SSSR count). The number of thioether (sulfide) groups is 1. The van der Waals surface area contributed by atoms with Gasteiger partial charge in [0.1, 0.15) is 22.0 Å². The molecule has 0 unspecified atom stereocenters. The lowest BCUT2D eigenvalue weighted by Crippen LogP contribution is -2.24. The molecule has 0 bridgehead atoms. The number of esters is 1. The molecule has 0 amide bonds. The summed E-state index contributed by atoms with van der Waals surface area (Å²) in [5.74, 6) is 0.331. The van der Waals surface area contributed by atoms with E-state index < -0.39 is 5.25 Å². The molecule has 2 aromatic heterocycles. The largest absolute Gasteiger partial charge is 0.497 e. The maximum atomic E-state index is 13.5. The molecule has 2 aromatic carbocycles. The van der Waals surface area contributed by atoms with Crippen LogP contribution in [0.4, 0.5) is 0 Å². The summed E-state index contributed by atoms with van der Waals surface area (Å²) in [6, 6.07) is 14.8. The van der Waals surface area contributed by atoms with E-state index in [9.17, 15) is 9.59 Å². The fourth-order valence-electron chi connectivity index (χ4n) is 3.25. The second kappa shape index (κ2) is 8.23. The van der Waals surface area contributed by atoms with Gasteiger partial charge in [-0.25, -0.2) is 4.98 Å². The molecule has 0 aliphatic rings. The van der Waals surface area contributed by atoms with Crippen LogP contribution in [-0.2, 0) is 9.53 Å². The third-order valence-corrected chi connectivity index (χ3v) is 5.76. The van der Waals surface area contributed by atoms with Gasteiger partial charge in [-0.2, -0.15) is 0 Å². The lowest BCUT2D eigenvalue weighted by Gasteiger charge is -2.15. The number of rotatable bonds is 6. The molecule has 7 nitrogen and oxygen atoms in total. The molecule has 0 saturated heterocycles. The first-order valence-corrected chi connectivity index (χ1v) is 10.4. The third-order valence-electron chi connectivity index (χ3n) is 4.73. The number of hydrogen-bond donors (Lipinski definition) is 1.